The summed E-state index contributed by atoms with van der Waals surface area (Å²) in [6, 6.07) is 7.33. The third-order valence-electron chi connectivity index (χ3n) is 3.92. The van der Waals surface area contributed by atoms with Crippen molar-refractivity contribution in [1.82, 2.24) is 10.4 Å². The summed E-state index contributed by atoms with van der Waals surface area (Å²) >= 11 is 0. The minimum Gasteiger partial charge on any atom is -0.497 e. The van der Waals surface area contributed by atoms with Crippen LogP contribution in [-0.4, -0.2) is 43.6 Å². The Morgan fingerprint density at radius 1 is 1.16 bits per heavy atom. The van der Waals surface area contributed by atoms with Crippen molar-refractivity contribution in [2.24, 2.45) is 0 Å². The number of benzene rings is 1. The van der Waals surface area contributed by atoms with Gasteiger partial charge < -0.3 is 14.2 Å². The number of ether oxygens (including phenoxy) is 3. The van der Waals surface area contributed by atoms with E-state index in [1.54, 1.807) is 21.0 Å². The number of hydrogen-bond acceptors (Lipinski definition) is 5. The third-order valence-corrected chi connectivity index (χ3v) is 3.92. The lowest BCUT2D eigenvalue weighted by Crippen LogP contribution is -2.53. The normalized spacial score (nSPS) is 18.5. The fourth-order valence-electron chi connectivity index (χ4n) is 2.78. The molecule has 136 valence electrons. The molecule has 1 unspecified atom stereocenters. The molecule has 7 heteroatoms. The molecule has 0 aliphatic heterocycles. The van der Waals surface area contributed by atoms with Gasteiger partial charge in [-0.25, -0.2) is 20.0 Å². The topological polar surface area (TPSA) is 77.1 Å². The number of nitrogens with one attached hydrogen (secondary N) is 1. The molecule has 2 atom stereocenters. The number of hydrazine groups is 1. The van der Waals surface area contributed by atoms with E-state index in [0.717, 1.165) is 11.3 Å². The van der Waals surface area contributed by atoms with Crippen LogP contribution in [0.4, 0.5) is 9.59 Å². The van der Waals surface area contributed by atoms with Crippen molar-refractivity contribution in [3.05, 3.63) is 42.0 Å². The molecule has 25 heavy (non-hydrogen) atoms. The molecule has 2 amide bonds. The Hall–Kier alpha value is -2.70. The zero-order chi connectivity index (χ0) is 18.2. The van der Waals surface area contributed by atoms with Crippen LogP contribution in [0.2, 0.25) is 0 Å². The van der Waals surface area contributed by atoms with Crippen LogP contribution < -0.4 is 10.2 Å². The van der Waals surface area contributed by atoms with E-state index in [2.05, 4.69) is 5.43 Å². The molecule has 1 aromatic rings. The summed E-state index contributed by atoms with van der Waals surface area (Å²) in [6.45, 7) is 3.85. The molecule has 0 saturated carbocycles. The van der Waals surface area contributed by atoms with Gasteiger partial charge in [-0.15, -0.1) is 0 Å². The Morgan fingerprint density at radius 3 is 2.44 bits per heavy atom. The summed E-state index contributed by atoms with van der Waals surface area (Å²) < 4.78 is 15.2. The van der Waals surface area contributed by atoms with Gasteiger partial charge in [0.05, 0.1) is 26.4 Å². The van der Waals surface area contributed by atoms with Crippen LogP contribution in [0.1, 0.15) is 31.7 Å². The van der Waals surface area contributed by atoms with E-state index in [-0.39, 0.29) is 25.2 Å². The lowest BCUT2D eigenvalue weighted by atomic mass is 9.94. The number of hydrogen-bond donors (Lipinski definition) is 1. The van der Waals surface area contributed by atoms with E-state index in [4.69, 9.17) is 14.2 Å². The number of rotatable bonds is 5. The molecule has 0 radical (unpaired) electrons. The zero-order valence-corrected chi connectivity index (χ0v) is 14.7. The van der Waals surface area contributed by atoms with Crippen molar-refractivity contribution in [1.29, 1.82) is 0 Å². The molecule has 0 spiro atoms. The number of amides is 2. The molecule has 0 heterocycles. The lowest BCUT2D eigenvalue weighted by molar-refractivity contribution is 0.0541. The summed E-state index contributed by atoms with van der Waals surface area (Å²) in [7, 11) is 1.61. The van der Waals surface area contributed by atoms with Crippen LogP contribution in [0.5, 0.6) is 5.75 Å². The van der Waals surface area contributed by atoms with Gasteiger partial charge in [0.15, 0.2) is 0 Å². The van der Waals surface area contributed by atoms with E-state index in [1.807, 2.05) is 36.4 Å². The van der Waals surface area contributed by atoms with E-state index in [9.17, 15) is 9.59 Å². The number of methoxy groups -OCH3 is 1. The van der Waals surface area contributed by atoms with Crippen LogP contribution >= 0.6 is 0 Å². The summed E-state index contributed by atoms with van der Waals surface area (Å²) in [5.74, 6) is 0.686. The predicted molar refractivity (Wildman–Crippen MR) is 92.3 cm³/mol. The fourth-order valence-corrected chi connectivity index (χ4v) is 2.78. The highest BCUT2D eigenvalue weighted by atomic mass is 16.6. The highest BCUT2D eigenvalue weighted by Gasteiger charge is 2.35. The molecule has 0 aromatic heterocycles. The van der Waals surface area contributed by atoms with Crippen LogP contribution in [0, 0.1) is 0 Å². The Morgan fingerprint density at radius 2 is 1.84 bits per heavy atom. The Kier molecular flexibility index (Phi) is 6.68. The summed E-state index contributed by atoms with van der Waals surface area (Å²) in [5, 5.41) is 1.22. The van der Waals surface area contributed by atoms with E-state index in [0.29, 0.717) is 6.42 Å². The molecule has 1 aromatic carbocycles. The SMILES string of the molecule is CCOC(=O)NN(C(=O)OCC)[C@H]1CC=CC1c1ccc(OC)cc1. The van der Waals surface area contributed by atoms with Gasteiger partial charge in [-0.2, -0.15) is 0 Å². The van der Waals surface area contributed by atoms with Crippen LogP contribution in [-0.2, 0) is 9.47 Å². The second-order valence-corrected chi connectivity index (χ2v) is 5.43. The van der Waals surface area contributed by atoms with Crippen molar-refractivity contribution in [3.63, 3.8) is 0 Å². The van der Waals surface area contributed by atoms with Crippen molar-refractivity contribution < 1.29 is 23.8 Å². The third kappa shape index (κ3) is 4.65. The second-order valence-electron chi connectivity index (χ2n) is 5.43. The second kappa shape index (κ2) is 8.96. The first-order valence-corrected chi connectivity index (χ1v) is 8.30. The minimum atomic E-state index is -0.684. The van der Waals surface area contributed by atoms with Crippen molar-refractivity contribution in [3.8, 4) is 5.75 Å². The van der Waals surface area contributed by atoms with Gasteiger partial charge in [0.25, 0.3) is 0 Å². The van der Waals surface area contributed by atoms with Crippen LogP contribution in [0.3, 0.4) is 0 Å². The van der Waals surface area contributed by atoms with Crippen LogP contribution in [0.25, 0.3) is 0 Å². The average molecular weight is 348 g/mol. The Labute approximate surface area is 147 Å². The van der Waals surface area contributed by atoms with Crippen molar-refractivity contribution in [2.75, 3.05) is 20.3 Å². The molecule has 0 fully saturated rings. The summed E-state index contributed by atoms with van der Waals surface area (Å²) in [6.07, 6.45) is 3.31. The highest BCUT2D eigenvalue weighted by Crippen LogP contribution is 2.33. The maximum absolute atomic E-state index is 12.3. The molecule has 7 nitrogen and oxygen atoms in total. The summed E-state index contributed by atoms with van der Waals surface area (Å²) in [4.78, 5) is 24.2. The van der Waals surface area contributed by atoms with Gasteiger partial charge >= 0.3 is 12.2 Å². The first-order chi connectivity index (χ1) is 12.1. The summed E-state index contributed by atoms with van der Waals surface area (Å²) in [5.41, 5.74) is 3.51. The number of carbonyl (C=O) groups excluding carboxylic acids is 2. The average Bonchev–Trinajstić information content (AvgIpc) is 3.09. The van der Waals surface area contributed by atoms with Gasteiger partial charge in [-0.1, -0.05) is 24.3 Å². The number of carbonyl (C=O) groups is 2. The zero-order valence-electron chi connectivity index (χ0n) is 14.7. The molecular formula is C18H24N2O5. The minimum absolute atomic E-state index is 0.0720. The largest absolute Gasteiger partial charge is 0.497 e. The Balaban J connectivity index is 2.21. The molecule has 1 aliphatic rings. The number of nitrogens with zero attached hydrogens (tertiary/aromatic N) is 1. The van der Waals surface area contributed by atoms with Crippen molar-refractivity contribution >= 4 is 12.2 Å². The van der Waals surface area contributed by atoms with Gasteiger partial charge in [0.2, 0.25) is 0 Å². The molecule has 2 rings (SSSR count). The van der Waals surface area contributed by atoms with E-state index in [1.165, 1.54) is 5.01 Å². The molecule has 1 N–H and O–H groups in total. The van der Waals surface area contributed by atoms with Crippen molar-refractivity contribution in [2.45, 2.75) is 32.2 Å². The molecule has 0 saturated heterocycles. The van der Waals surface area contributed by atoms with Crippen LogP contribution in [0.15, 0.2) is 36.4 Å². The van der Waals surface area contributed by atoms with Gasteiger partial charge in [0, 0.05) is 5.92 Å². The van der Waals surface area contributed by atoms with Gasteiger partial charge in [0.1, 0.15) is 5.75 Å². The fraction of sp³-hybridized carbons (Fsp3) is 0.444. The monoisotopic (exact) mass is 348 g/mol. The highest BCUT2D eigenvalue weighted by molar-refractivity contribution is 5.74. The first kappa shape index (κ1) is 18.6. The maximum Gasteiger partial charge on any atom is 0.429 e. The quantitative estimate of drug-likeness (QED) is 0.653. The standard InChI is InChI=1S/C18H24N2O5/c1-4-24-17(21)19-20(18(22)25-5-2)16-8-6-7-15(16)13-9-11-14(23-3)12-10-13/h6-7,9-12,15-16H,4-5,8H2,1-3H3,(H,19,21)/t15?,16-/m0/s1. The molecular weight excluding hydrogens is 324 g/mol. The molecule has 0 bridgehead atoms. The lowest BCUT2D eigenvalue weighted by Gasteiger charge is -2.32. The Bertz CT molecular complexity index is 614. The van der Waals surface area contributed by atoms with Gasteiger partial charge in [-0.05, 0) is 38.0 Å². The maximum atomic E-state index is 12.3. The van der Waals surface area contributed by atoms with E-state index < -0.39 is 12.2 Å². The smallest absolute Gasteiger partial charge is 0.429 e. The predicted octanol–water partition coefficient (Wildman–Crippen LogP) is 3.23. The molecule has 1 aliphatic carbocycles. The van der Waals surface area contributed by atoms with E-state index >= 15 is 0 Å². The van der Waals surface area contributed by atoms with Gasteiger partial charge in [-0.3, -0.25) is 0 Å². The first-order valence-electron chi connectivity index (χ1n) is 8.30.